The highest BCUT2D eigenvalue weighted by molar-refractivity contribution is 7.54. The quantitative estimate of drug-likeness (QED) is 0.107. The molecule has 0 aliphatic heterocycles. The average Bonchev–Trinajstić information content (AvgIpc) is 2.87. The fraction of sp³-hybridized carbons (Fsp3) is 0.586. The number of para-hydroxylation sites is 1. The summed E-state index contributed by atoms with van der Waals surface area (Å²) in [7, 11) is -3.51. The number of unbranched alkanes of at least 4 members (excludes halogenated alkanes) is 10. The van der Waals surface area contributed by atoms with E-state index in [0.717, 1.165) is 36.9 Å². The average molecular weight is 503 g/mol. The minimum atomic E-state index is -3.51. The van der Waals surface area contributed by atoms with Crippen LogP contribution in [-0.4, -0.2) is 13.2 Å². The number of benzene rings is 2. The summed E-state index contributed by atoms with van der Waals surface area (Å²) in [5, 5.41) is 3.44. The molecule has 1 atom stereocenters. The second-order valence-corrected chi connectivity index (χ2v) is 11.4. The van der Waals surface area contributed by atoms with E-state index in [1.807, 2.05) is 54.6 Å². The van der Waals surface area contributed by atoms with Crippen LogP contribution >= 0.6 is 7.60 Å². The van der Waals surface area contributed by atoms with Gasteiger partial charge < -0.3 is 20.1 Å². The third kappa shape index (κ3) is 11.6. The molecular formula is C29H47N2O3P. The van der Waals surface area contributed by atoms with Crippen molar-refractivity contribution in [1.29, 1.82) is 0 Å². The van der Waals surface area contributed by atoms with Gasteiger partial charge in [-0.25, -0.2) is 0 Å². The Balaban J connectivity index is 2.12. The Morgan fingerprint density at radius 2 is 1.20 bits per heavy atom. The Hall–Kier alpha value is -1.81. The van der Waals surface area contributed by atoms with Crippen molar-refractivity contribution in [3.8, 4) is 0 Å². The van der Waals surface area contributed by atoms with Crippen molar-refractivity contribution < 1.29 is 13.6 Å². The van der Waals surface area contributed by atoms with Gasteiger partial charge in [0.25, 0.3) is 0 Å². The molecule has 0 fully saturated rings. The lowest BCUT2D eigenvalue weighted by Crippen LogP contribution is -2.16. The van der Waals surface area contributed by atoms with Crippen molar-refractivity contribution in [2.75, 3.05) is 24.3 Å². The first-order valence-electron chi connectivity index (χ1n) is 13.6. The van der Waals surface area contributed by atoms with Crippen molar-refractivity contribution in [3.05, 3.63) is 60.2 Å². The highest BCUT2D eigenvalue weighted by Gasteiger charge is 2.37. The standard InChI is InChI=1S/C29H47N2O3P/c1-3-5-7-9-11-16-24-33-35(32,34-25-17-12-10-8-6-4-2)29(26-20-22-27(30)23-21-26)31-28-18-14-13-15-19-28/h13-15,18-23,29,31H,3-12,16-17,24-25,30H2,1-2H3. The van der Waals surface area contributed by atoms with E-state index in [-0.39, 0.29) is 0 Å². The lowest BCUT2D eigenvalue weighted by Gasteiger charge is -2.29. The molecule has 0 amide bonds. The molecule has 5 nitrogen and oxygen atoms in total. The van der Waals surface area contributed by atoms with Crippen LogP contribution in [0.2, 0.25) is 0 Å². The third-order valence-corrected chi connectivity index (χ3v) is 8.33. The number of nitrogens with one attached hydrogen (secondary N) is 1. The predicted octanol–water partition coefficient (Wildman–Crippen LogP) is 9.33. The highest BCUT2D eigenvalue weighted by atomic mass is 31.2. The molecule has 2 aromatic rings. The lowest BCUT2D eigenvalue weighted by molar-refractivity contribution is 0.192. The molecule has 1 unspecified atom stereocenters. The van der Waals surface area contributed by atoms with E-state index in [0.29, 0.717) is 18.9 Å². The van der Waals surface area contributed by atoms with E-state index < -0.39 is 13.4 Å². The third-order valence-electron chi connectivity index (χ3n) is 6.18. The van der Waals surface area contributed by atoms with Crippen LogP contribution in [0.1, 0.15) is 102 Å². The Kier molecular flexibility index (Phi) is 14.8. The van der Waals surface area contributed by atoms with Crippen LogP contribution in [0.25, 0.3) is 0 Å². The molecule has 0 radical (unpaired) electrons. The maximum absolute atomic E-state index is 14.3. The van der Waals surface area contributed by atoms with Crippen LogP contribution in [0.15, 0.2) is 54.6 Å². The zero-order chi connectivity index (χ0) is 25.2. The van der Waals surface area contributed by atoms with Crippen molar-refractivity contribution in [2.45, 2.75) is 96.7 Å². The number of nitrogens with two attached hydrogens (primary N) is 1. The summed E-state index contributed by atoms with van der Waals surface area (Å²) in [6, 6.07) is 17.3. The van der Waals surface area contributed by atoms with Gasteiger partial charge in [0.2, 0.25) is 0 Å². The maximum atomic E-state index is 14.3. The van der Waals surface area contributed by atoms with Crippen molar-refractivity contribution in [2.24, 2.45) is 0 Å². The number of hydrogen-bond acceptors (Lipinski definition) is 5. The Morgan fingerprint density at radius 3 is 1.71 bits per heavy atom. The van der Waals surface area contributed by atoms with Crippen LogP contribution in [0, 0.1) is 0 Å². The van der Waals surface area contributed by atoms with E-state index in [1.54, 1.807) is 0 Å². The van der Waals surface area contributed by atoms with E-state index in [4.69, 9.17) is 14.8 Å². The molecule has 0 heterocycles. The van der Waals surface area contributed by atoms with Crippen LogP contribution < -0.4 is 11.1 Å². The molecule has 0 spiro atoms. The van der Waals surface area contributed by atoms with E-state index in [1.165, 1.54) is 51.4 Å². The molecule has 35 heavy (non-hydrogen) atoms. The van der Waals surface area contributed by atoms with Crippen LogP contribution in [-0.2, 0) is 13.6 Å². The Bertz CT molecular complexity index is 808. The molecule has 6 heteroatoms. The number of nitrogen functional groups attached to an aromatic ring is 1. The molecule has 0 bridgehead atoms. The van der Waals surface area contributed by atoms with Gasteiger partial charge in [-0.05, 0) is 42.7 Å². The van der Waals surface area contributed by atoms with Gasteiger partial charge in [-0.1, -0.05) is 108 Å². The van der Waals surface area contributed by atoms with Crippen LogP contribution in [0.5, 0.6) is 0 Å². The first-order chi connectivity index (χ1) is 17.1. The second kappa shape index (κ2) is 17.6. The fourth-order valence-corrected chi connectivity index (χ4v) is 6.03. The molecule has 2 rings (SSSR count). The summed E-state index contributed by atoms with van der Waals surface area (Å²) in [4.78, 5) is 0. The van der Waals surface area contributed by atoms with Gasteiger partial charge in [-0.15, -0.1) is 0 Å². The van der Waals surface area contributed by atoms with Gasteiger partial charge in [-0.2, -0.15) is 0 Å². The summed E-state index contributed by atoms with van der Waals surface area (Å²) in [6.07, 6.45) is 13.8. The summed E-state index contributed by atoms with van der Waals surface area (Å²) in [6.45, 7) is 5.30. The molecule has 0 saturated heterocycles. The van der Waals surface area contributed by atoms with Gasteiger partial charge in [0.1, 0.15) is 0 Å². The largest absolute Gasteiger partial charge is 0.399 e. The first kappa shape index (κ1) is 29.4. The zero-order valence-corrected chi connectivity index (χ0v) is 22.8. The highest BCUT2D eigenvalue weighted by Crippen LogP contribution is 2.61. The monoisotopic (exact) mass is 502 g/mol. The van der Waals surface area contributed by atoms with Crippen molar-refractivity contribution >= 4 is 19.0 Å². The Morgan fingerprint density at radius 1 is 0.714 bits per heavy atom. The number of rotatable bonds is 20. The van der Waals surface area contributed by atoms with E-state index in [2.05, 4.69) is 19.2 Å². The Labute approximate surface area is 213 Å². The summed E-state index contributed by atoms with van der Waals surface area (Å²) in [5.41, 5.74) is 8.32. The smallest absolute Gasteiger partial charge is 0.357 e. The van der Waals surface area contributed by atoms with Gasteiger partial charge in [0.05, 0.1) is 13.2 Å². The van der Waals surface area contributed by atoms with Gasteiger partial charge in [0.15, 0.2) is 5.78 Å². The zero-order valence-electron chi connectivity index (χ0n) is 21.9. The van der Waals surface area contributed by atoms with Gasteiger partial charge in [0, 0.05) is 11.4 Å². The topological polar surface area (TPSA) is 73.6 Å². The molecule has 0 aliphatic carbocycles. The molecule has 2 aromatic carbocycles. The molecule has 3 N–H and O–H groups in total. The fourth-order valence-electron chi connectivity index (χ4n) is 4.05. The first-order valence-corrected chi connectivity index (χ1v) is 15.3. The normalized spacial score (nSPS) is 12.5. The molecule has 0 saturated carbocycles. The molecule has 0 aliphatic rings. The van der Waals surface area contributed by atoms with Crippen LogP contribution in [0.4, 0.5) is 11.4 Å². The van der Waals surface area contributed by atoms with Crippen molar-refractivity contribution in [3.63, 3.8) is 0 Å². The lowest BCUT2D eigenvalue weighted by atomic mass is 10.1. The number of anilines is 2. The molecule has 196 valence electrons. The van der Waals surface area contributed by atoms with E-state index >= 15 is 0 Å². The SMILES string of the molecule is CCCCCCCCOP(=O)(OCCCCCCCC)C(Nc1ccccc1)c1ccc(N)cc1. The van der Waals surface area contributed by atoms with Crippen molar-refractivity contribution in [1.82, 2.24) is 0 Å². The summed E-state index contributed by atoms with van der Waals surface area (Å²) in [5.74, 6) is -0.606. The minimum Gasteiger partial charge on any atom is -0.399 e. The summed E-state index contributed by atoms with van der Waals surface area (Å²) >= 11 is 0. The van der Waals surface area contributed by atoms with E-state index in [9.17, 15) is 4.57 Å². The second-order valence-electron chi connectivity index (χ2n) is 9.32. The van der Waals surface area contributed by atoms with Gasteiger partial charge in [-0.3, -0.25) is 4.57 Å². The predicted molar refractivity (Wildman–Crippen MR) is 150 cm³/mol. The molecule has 0 aromatic heterocycles. The van der Waals surface area contributed by atoms with Gasteiger partial charge >= 0.3 is 7.60 Å². The van der Waals surface area contributed by atoms with Crippen LogP contribution in [0.3, 0.4) is 0 Å². The maximum Gasteiger partial charge on any atom is 0.357 e. The minimum absolute atomic E-state index is 0.432. The number of hydrogen-bond donors (Lipinski definition) is 2. The molecular weight excluding hydrogens is 455 g/mol. The summed E-state index contributed by atoms with van der Waals surface area (Å²) < 4.78 is 26.6.